The third-order valence-corrected chi connectivity index (χ3v) is 5.58. The van der Waals surface area contributed by atoms with E-state index in [0.717, 1.165) is 30.4 Å². The van der Waals surface area contributed by atoms with Gasteiger partial charge in [-0.2, -0.15) is 0 Å². The number of benzene rings is 2. The second-order valence-electron chi connectivity index (χ2n) is 7.97. The van der Waals surface area contributed by atoms with Crippen LogP contribution in [0.3, 0.4) is 0 Å². The smallest absolute Gasteiger partial charge is 0.322 e. The monoisotopic (exact) mass is 447 g/mol. The zero-order valence-electron chi connectivity index (χ0n) is 18.4. The van der Waals surface area contributed by atoms with Crippen molar-refractivity contribution in [2.24, 2.45) is 0 Å². The number of carbonyl (C=O) groups is 3. The molecule has 1 aliphatic rings. The van der Waals surface area contributed by atoms with Gasteiger partial charge in [-0.3, -0.25) is 20.1 Å². The number of rotatable bonds is 8. The van der Waals surface area contributed by atoms with Crippen LogP contribution in [0, 0.1) is 0 Å². The normalized spacial score (nSPS) is 14.3. The average Bonchev–Trinajstić information content (AvgIpc) is 2.86. The molecule has 0 aromatic heterocycles. The summed E-state index contributed by atoms with van der Waals surface area (Å²) in [6.07, 6.45) is 11.3. The van der Waals surface area contributed by atoms with Crippen molar-refractivity contribution in [1.82, 2.24) is 16.1 Å². The highest BCUT2D eigenvalue weighted by Crippen LogP contribution is 2.26. The number of imide groups is 1. The molecule has 7 nitrogen and oxygen atoms in total. The summed E-state index contributed by atoms with van der Waals surface area (Å²) >= 11 is 0. The SMILES string of the molecule is O=C(C=Cc1ccc(C(CCC2=CCCCC2)NC(=O)NC(=O)c2ccccc2)cc1)NO. The fourth-order valence-corrected chi connectivity index (χ4v) is 3.79. The summed E-state index contributed by atoms with van der Waals surface area (Å²) in [5.74, 6) is -1.07. The van der Waals surface area contributed by atoms with Crippen LogP contribution in [-0.2, 0) is 4.79 Å². The topological polar surface area (TPSA) is 108 Å². The summed E-state index contributed by atoms with van der Waals surface area (Å²) in [6, 6.07) is 15.2. The Hall–Kier alpha value is -3.71. The predicted octanol–water partition coefficient (Wildman–Crippen LogP) is 4.67. The fraction of sp³-hybridized carbons (Fsp3) is 0.269. The van der Waals surface area contributed by atoms with E-state index >= 15 is 0 Å². The molecule has 33 heavy (non-hydrogen) atoms. The lowest BCUT2D eigenvalue weighted by Crippen LogP contribution is -2.41. The first-order valence-corrected chi connectivity index (χ1v) is 11.1. The van der Waals surface area contributed by atoms with E-state index in [4.69, 9.17) is 5.21 Å². The van der Waals surface area contributed by atoms with Crippen molar-refractivity contribution in [2.75, 3.05) is 0 Å². The highest BCUT2D eigenvalue weighted by molar-refractivity contribution is 6.04. The molecule has 3 rings (SSSR count). The van der Waals surface area contributed by atoms with Crippen molar-refractivity contribution in [2.45, 2.75) is 44.6 Å². The van der Waals surface area contributed by atoms with Crippen molar-refractivity contribution in [1.29, 1.82) is 0 Å². The van der Waals surface area contributed by atoms with E-state index in [1.807, 2.05) is 30.3 Å². The Bertz CT molecular complexity index is 1010. The molecular weight excluding hydrogens is 418 g/mol. The molecule has 0 spiro atoms. The Morgan fingerprint density at radius 2 is 1.76 bits per heavy atom. The third kappa shape index (κ3) is 7.73. The van der Waals surface area contributed by atoms with Gasteiger partial charge in [-0.25, -0.2) is 10.3 Å². The molecule has 0 radical (unpaired) electrons. The van der Waals surface area contributed by atoms with E-state index in [9.17, 15) is 14.4 Å². The minimum Gasteiger partial charge on any atom is -0.331 e. The van der Waals surface area contributed by atoms with E-state index in [1.54, 1.807) is 35.8 Å². The predicted molar refractivity (Wildman–Crippen MR) is 126 cm³/mol. The highest BCUT2D eigenvalue weighted by atomic mass is 16.5. The summed E-state index contributed by atoms with van der Waals surface area (Å²) in [4.78, 5) is 36.1. The number of allylic oxidation sites excluding steroid dienone is 2. The average molecular weight is 448 g/mol. The van der Waals surface area contributed by atoms with Crippen LogP contribution in [0.15, 0.2) is 72.3 Å². The zero-order chi connectivity index (χ0) is 23.5. The largest absolute Gasteiger partial charge is 0.331 e. The van der Waals surface area contributed by atoms with Crippen LogP contribution in [0.25, 0.3) is 6.08 Å². The maximum atomic E-state index is 12.6. The first-order valence-electron chi connectivity index (χ1n) is 11.1. The van der Waals surface area contributed by atoms with Crippen molar-refractivity contribution >= 4 is 23.9 Å². The van der Waals surface area contributed by atoms with Crippen LogP contribution in [0.5, 0.6) is 0 Å². The van der Waals surface area contributed by atoms with Gasteiger partial charge in [0.15, 0.2) is 0 Å². The number of hydrogen-bond donors (Lipinski definition) is 4. The number of hydrogen-bond acceptors (Lipinski definition) is 4. The Balaban J connectivity index is 1.69. The number of amides is 4. The number of hydroxylamine groups is 1. The molecule has 0 bridgehead atoms. The Kier molecular flexibility index (Phi) is 8.97. The molecule has 2 aromatic rings. The molecule has 0 fully saturated rings. The van der Waals surface area contributed by atoms with Gasteiger partial charge < -0.3 is 5.32 Å². The third-order valence-electron chi connectivity index (χ3n) is 5.58. The standard InChI is InChI=1S/C26H29N3O4/c30-24(29-33)18-14-20-11-15-21(16-12-20)23(17-13-19-7-3-1-4-8-19)27-26(32)28-25(31)22-9-5-2-6-10-22/h2,5-7,9-12,14-16,18,23,33H,1,3-4,8,13,17H2,(H,29,30)(H2,27,28,31,32). The maximum Gasteiger partial charge on any atom is 0.322 e. The molecular formula is C26H29N3O4. The molecule has 0 saturated heterocycles. The first-order chi connectivity index (χ1) is 16.0. The summed E-state index contributed by atoms with van der Waals surface area (Å²) in [5.41, 5.74) is 5.05. The van der Waals surface area contributed by atoms with Gasteiger partial charge in [0.2, 0.25) is 0 Å². The molecule has 1 atom stereocenters. The van der Waals surface area contributed by atoms with Crippen LogP contribution < -0.4 is 16.1 Å². The summed E-state index contributed by atoms with van der Waals surface area (Å²) in [7, 11) is 0. The van der Waals surface area contributed by atoms with Crippen LogP contribution in [0.4, 0.5) is 4.79 Å². The van der Waals surface area contributed by atoms with Gasteiger partial charge in [0.1, 0.15) is 0 Å². The lowest BCUT2D eigenvalue weighted by Gasteiger charge is -2.21. The number of carbonyl (C=O) groups excluding carboxylic acids is 3. The van der Waals surface area contributed by atoms with Crippen molar-refractivity contribution in [3.05, 3.63) is 89.0 Å². The molecule has 1 unspecified atom stereocenters. The van der Waals surface area contributed by atoms with Crippen molar-refractivity contribution in [3.8, 4) is 0 Å². The van der Waals surface area contributed by atoms with Gasteiger partial charge in [-0.05, 0) is 67.9 Å². The van der Waals surface area contributed by atoms with Crippen LogP contribution in [0.2, 0.25) is 0 Å². The Labute approximate surface area is 193 Å². The Morgan fingerprint density at radius 3 is 2.42 bits per heavy atom. The molecule has 0 saturated carbocycles. The van der Waals surface area contributed by atoms with Gasteiger partial charge in [-0.15, -0.1) is 0 Å². The highest BCUT2D eigenvalue weighted by Gasteiger charge is 2.18. The quantitative estimate of drug-likeness (QED) is 0.204. The molecule has 4 N–H and O–H groups in total. The van der Waals surface area contributed by atoms with E-state index < -0.39 is 17.8 Å². The number of urea groups is 1. The lowest BCUT2D eigenvalue weighted by atomic mass is 9.92. The van der Waals surface area contributed by atoms with Gasteiger partial charge in [0.25, 0.3) is 11.8 Å². The van der Waals surface area contributed by atoms with Crippen LogP contribution in [-0.4, -0.2) is 23.1 Å². The minimum atomic E-state index is -0.612. The van der Waals surface area contributed by atoms with E-state index in [-0.39, 0.29) is 6.04 Å². The molecule has 0 heterocycles. The second-order valence-corrected chi connectivity index (χ2v) is 7.97. The maximum absolute atomic E-state index is 12.6. The fourth-order valence-electron chi connectivity index (χ4n) is 3.79. The molecule has 2 aromatic carbocycles. The lowest BCUT2D eigenvalue weighted by molar-refractivity contribution is -0.124. The van der Waals surface area contributed by atoms with Crippen molar-refractivity contribution < 1.29 is 19.6 Å². The van der Waals surface area contributed by atoms with Crippen LogP contribution >= 0.6 is 0 Å². The second kappa shape index (κ2) is 12.4. The number of nitrogens with one attached hydrogen (secondary N) is 3. The molecule has 172 valence electrons. The van der Waals surface area contributed by atoms with Gasteiger partial charge in [-0.1, -0.05) is 54.1 Å². The summed E-state index contributed by atoms with van der Waals surface area (Å²) < 4.78 is 0. The van der Waals surface area contributed by atoms with E-state index in [0.29, 0.717) is 12.0 Å². The van der Waals surface area contributed by atoms with Gasteiger partial charge >= 0.3 is 6.03 Å². The van der Waals surface area contributed by atoms with Crippen molar-refractivity contribution in [3.63, 3.8) is 0 Å². The molecule has 1 aliphatic carbocycles. The molecule has 7 heteroatoms. The van der Waals surface area contributed by atoms with E-state index in [1.165, 1.54) is 24.5 Å². The van der Waals surface area contributed by atoms with Gasteiger partial charge in [0.05, 0.1) is 6.04 Å². The van der Waals surface area contributed by atoms with Gasteiger partial charge in [0, 0.05) is 11.6 Å². The minimum absolute atomic E-state index is 0.282. The van der Waals surface area contributed by atoms with Crippen LogP contribution in [0.1, 0.15) is 66.1 Å². The zero-order valence-corrected chi connectivity index (χ0v) is 18.4. The molecule has 0 aliphatic heterocycles. The Morgan fingerprint density at radius 1 is 1.00 bits per heavy atom. The first kappa shape index (κ1) is 23.9. The van der Waals surface area contributed by atoms with E-state index in [2.05, 4.69) is 16.7 Å². The summed E-state index contributed by atoms with van der Waals surface area (Å²) in [5, 5.41) is 13.9. The summed E-state index contributed by atoms with van der Waals surface area (Å²) in [6.45, 7) is 0. The molecule has 4 amide bonds.